The summed E-state index contributed by atoms with van der Waals surface area (Å²) >= 11 is 8.35. The summed E-state index contributed by atoms with van der Waals surface area (Å²) < 4.78 is -0.591. The molecule has 112 valence electrons. The summed E-state index contributed by atoms with van der Waals surface area (Å²) in [6, 6.07) is 10.2. The van der Waals surface area contributed by atoms with Crippen molar-refractivity contribution >= 4 is 29.3 Å². The minimum atomic E-state index is -0.591. The Kier molecular flexibility index (Phi) is 4.06. The van der Waals surface area contributed by atoms with Gasteiger partial charge in [0, 0.05) is 16.9 Å². The van der Waals surface area contributed by atoms with Crippen LogP contribution in [-0.4, -0.2) is 22.1 Å². The summed E-state index contributed by atoms with van der Waals surface area (Å²) in [5.41, 5.74) is 0. The van der Waals surface area contributed by atoms with Crippen LogP contribution in [0.1, 0.15) is 20.3 Å². The molecule has 0 saturated heterocycles. The van der Waals surface area contributed by atoms with E-state index >= 15 is 0 Å². The highest BCUT2D eigenvalue weighted by Gasteiger charge is 2.60. The molecule has 0 spiro atoms. The largest absolute Gasteiger partial charge is 0.353 e. The molecule has 0 heterocycles. The number of nitrogens with one attached hydrogen (secondary N) is 1. The van der Waals surface area contributed by atoms with Crippen molar-refractivity contribution in [2.45, 2.75) is 41.3 Å². The van der Waals surface area contributed by atoms with Crippen molar-refractivity contribution in [1.29, 1.82) is 0 Å². The monoisotopic (exact) mass is 321 g/mol. The zero-order chi connectivity index (χ0) is 15.0. The normalized spacial score (nSPS) is 33.6. The van der Waals surface area contributed by atoms with Gasteiger partial charge >= 0.3 is 0 Å². The molecule has 2 bridgehead atoms. The maximum Gasteiger partial charge on any atom is 0.238 e. The molecule has 4 atom stereocenters. The van der Waals surface area contributed by atoms with E-state index in [1.54, 1.807) is 11.8 Å². The maximum absolute atomic E-state index is 12.9. The molecule has 0 radical (unpaired) electrons. The van der Waals surface area contributed by atoms with Gasteiger partial charge in [0.05, 0.1) is 5.38 Å². The molecule has 2 nitrogen and oxygen atoms in total. The van der Waals surface area contributed by atoms with Gasteiger partial charge in [0.25, 0.3) is 0 Å². The molecule has 0 aromatic heterocycles. The van der Waals surface area contributed by atoms with E-state index in [4.69, 9.17) is 11.6 Å². The lowest BCUT2D eigenvalue weighted by Gasteiger charge is -2.37. The van der Waals surface area contributed by atoms with Crippen LogP contribution in [0.25, 0.3) is 0 Å². The molecule has 2 aliphatic rings. The Morgan fingerprint density at radius 2 is 2.05 bits per heavy atom. The molecular weight excluding hydrogens is 302 g/mol. The van der Waals surface area contributed by atoms with E-state index in [1.807, 2.05) is 44.2 Å². The van der Waals surface area contributed by atoms with Crippen molar-refractivity contribution in [3.8, 4) is 0 Å². The number of fused-ring (bicyclic) bond motifs is 2. The Morgan fingerprint density at radius 3 is 2.62 bits per heavy atom. The van der Waals surface area contributed by atoms with E-state index < -0.39 is 4.75 Å². The van der Waals surface area contributed by atoms with E-state index in [9.17, 15) is 4.79 Å². The van der Waals surface area contributed by atoms with Crippen LogP contribution in [0, 0.1) is 11.8 Å². The van der Waals surface area contributed by atoms with Gasteiger partial charge in [0.1, 0.15) is 4.75 Å². The molecule has 1 N–H and O–H groups in total. The van der Waals surface area contributed by atoms with Gasteiger partial charge in [-0.25, -0.2) is 0 Å². The van der Waals surface area contributed by atoms with Crippen LogP contribution in [-0.2, 0) is 4.79 Å². The Labute approximate surface area is 135 Å². The fourth-order valence-corrected chi connectivity index (χ4v) is 5.35. The molecule has 0 unspecified atom stereocenters. The number of thioether (sulfide) groups is 1. The van der Waals surface area contributed by atoms with Crippen molar-refractivity contribution < 1.29 is 4.79 Å². The molecule has 1 amide bonds. The number of rotatable bonds is 4. The van der Waals surface area contributed by atoms with E-state index in [2.05, 4.69) is 17.5 Å². The number of carbonyl (C=O) groups excluding carboxylic acids is 1. The number of carbonyl (C=O) groups is 1. The van der Waals surface area contributed by atoms with Crippen LogP contribution in [0.4, 0.5) is 0 Å². The third-order valence-electron chi connectivity index (χ3n) is 4.26. The second-order valence-electron chi connectivity index (χ2n) is 6.13. The summed E-state index contributed by atoms with van der Waals surface area (Å²) in [6.07, 6.45) is 5.34. The highest BCUT2D eigenvalue weighted by Crippen LogP contribution is 2.57. The first-order valence-corrected chi connectivity index (χ1v) is 8.66. The predicted octanol–water partition coefficient (Wildman–Crippen LogP) is 3.86. The third kappa shape index (κ3) is 2.51. The number of amides is 1. The van der Waals surface area contributed by atoms with Crippen molar-refractivity contribution in [2.24, 2.45) is 11.8 Å². The maximum atomic E-state index is 12.9. The molecule has 1 fully saturated rings. The molecule has 0 aliphatic heterocycles. The van der Waals surface area contributed by atoms with Gasteiger partial charge in [0.2, 0.25) is 5.91 Å². The van der Waals surface area contributed by atoms with Gasteiger partial charge in [-0.2, -0.15) is 0 Å². The summed E-state index contributed by atoms with van der Waals surface area (Å²) in [6.45, 7) is 3.98. The number of allylic oxidation sites excluding steroid dienone is 2. The highest BCUT2D eigenvalue weighted by molar-refractivity contribution is 8.01. The van der Waals surface area contributed by atoms with Crippen LogP contribution < -0.4 is 5.32 Å². The van der Waals surface area contributed by atoms with Gasteiger partial charge in [-0.05, 0) is 38.3 Å². The predicted molar refractivity (Wildman–Crippen MR) is 88.7 cm³/mol. The number of benzene rings is 1. The first-order chi connectivity index (χ1) is 10.0. The Bertz CT molecular complexity index is 559. The average Bonchev–Trinajstić information content (AvgIpc) is 3.02. The number of hydrogen-bond acceptors (Lipinski definition) is 2. The first-order valence-electron chi connectivity index (χ1n) is 7.41. The van der Waals surface area contributed by atoms with Crippen LogP contribution in [0.5, 0.6) is 0 Å². The molecule has 1 aromatic carbocycles. The zero-order valence-electron chi connectivity index (χ0n) is 12.3. The van der Waals surface area contributed by atoms with Gasteiger partial charge in [-0.3, -0.25) is 4.79 Å². The van der Waals surface area contributed by atoms with Crippen molar-refractivity contribution in [1.82, 2.24) is 5.32 Å². The van der Waals surface area contributed by atoms with Crippen molar-refractivity contribution in [2.75, 3.05) is 0 Å². The zero-order valence-corrected chi connectivity index (χ0v) is 13.8. The highest BCUT2D eigenvalue weighted by atomic mass is 35.5. The van der Waals surface area contributed by atoms with Gasteiger partial charge in [-0.1, -0.05) is 30.4 Å². The Morgan fingerprint density at radius 1 is 1.33 bits per heavy atom. The third-order valence-corrected chi connectivity index (χ3v) is 6.64. The SMILES string of the molecule is CC(C)NC(=O)[C@]1(Sc2ccccc2)[C@@H]2C=C[C@@H](C2)[C@H]1Cl. The fourth-order valence-electron chi connectivity index (χ4n) is 3.32. The molecule has 3 rings (SSSR count). The summed E-state index contributed by atoms with van der Waals surface area (Å²) in [5, 5.41) is 2.93. The van der Waals surface area contributed by atoms with Crippen LogP contribution >= 0.6 is 23.4 Å². The summed E-state index contributed by atoms with van der Waals surface area (Å²) in [4.78, 5) is 14.0. The lowest BCUT2D eigenvalue weighted by atomic mass is 9.90. The van der Waals surface area contributed by atoms with Gasteiger partial charge in [-0.15, -0.1) is 23.4 Å². The molecule has 21 heavy (non-hydrogen) atoms. The second kappa shape index (κ2) is 5.69. The van der Waals surface area contributed by atoms with Gasteiger partial charge < -0.3 is 5.32 Å². The Hall–Kier alpha value is -0.930. The average molecular weight is 322 g/mol. The van der Waals surface area contributed by atoms with Crippen molar-refractivity contribution in [3.05, 3.63) is 42.5 Å². The minimum Gasteiger partial charge on any atom is -0.353 e. The molecular formula is C17H20ClNOS. The quantitative estimate of drug-likeness (QED) is 0.674. The summed E-state index contributed by atoms with van der Waals surface area (Å²) in [7, 11) is 0. The fraction of sp³-hybridized carbons (Fsp3) is 0.471. The molecule has 1 aromatic rings. The second-order valence-corrected chi connectivity index (χ2v) is 7.95. The topological polar surface area (TPSA) is 29.1 Å². The van der Waals surface area contributed by atoms with E-state index in [1.165, 1.54) is 0 Å². The van der Waals surface area contributed by atoms with E-state index in [0.717, 1.165) is 11.3 Å². The smallest absolute Gasteiger partial charge is 0.238 e. The van der Waals surface area contributed by atoms with Gasteiger partial charge in [0.15, 0.2) is 0 Å². The first kappa shape index (κ1) is 15.0. The summed E-state index contributed by atoms with van der Waals surface area (Å²) in [5.74, 6) is 0.600. The standard InChI is InChI=1S/C17H20ClNOS/c1-11(2)19-16(20)17(21-14-6-4-3-5-7-14)13-9-8-12(10-13)15(17)18/h3-9,11-13,15H,10H2,1-2H3,(H,19,20)/t12-,13+,15+,17-/m0/s1. The van der Waals surface area contributed by atoms with Crippen LogP contribution in [0.2, 0.25) is 0 Å². The van der Waals surface area contributed by atoms with E-state index in [-0.39, 0.29) is 23.2 Å². The molecule has 4 heteroatoms. The van der Waals surface area contributed by atoms with Crippen LogP contribution in [0.3, 0.4) is 0 Å². The number of hydrogen-bond donors (Lipinski definition) is 1. The lowest BCUT2D eigenvalue weighted by Crippen LogP contribution is -2.54. The van der Waals surface area contributed by atoms with E-state index in [0.29, 0.717) is 5.92 Å². The molecule has 1 saturated carbocycles. The number of halogens is 1. The molecule has 2 aliphatic carbocycles. The minimum absolute atomic E-state index is 0.0724. The number of alkyl halides is 1. The van der Waals surface area contributed by atoms with Crippen molar-refractivity contribution in [3.63, 3.8) is 0 Å². The van der Waals surface area contributed by atoms with Crippen LogP contribution in [0.15, 0.2) is 47.4 Å². The Balaban J connectivity index is 1.96. The lowest BCUT2D eigenvalue weighted by molar-refractivity contribution is -0.124.